The molecule has 0 heterocycles. The van der Waals surface area contributed by atoms with Gasteiger partial charge in [0.2, 0.25) is 0 Å². The molecule has 2 N–H and O–H groups in total. The fourth-order valence-electron chi connectivity index (χ4n) is 2.06. The SMILES string of the molecule is CCC(C)C1=CCC(C(C)N)C=C1C(F)(F)F. The van der Waals surface area contributed by atoms with Crippen molar-refractivity contribution in [1.29, 1.82) is 0 Å². The number of rotatable bonds is 3. The highest BCUT2D eigenvalue weighted by Gasteiger charge is 2.39. The monoisotopic (exact) mass is 247 g/mol. The molecular formula is C13H20F3N. The second-order valence-corrected chi connectivity index (χ2v) is 4.81. The second-order valence-electron chi connectivity index (χ2n) is 4.81. The first-order valence-electron chi connectivity index (χ1n) is 6.02. The molecule has 0 radical (unpaired) electrons. The van der Waals surface area contributed by atoms with Crippen LogP contribution in [0, 0.1) is 11.8 Å². The van der Waals surface area contributed by atoms with Gasteiger partial charge in [-0.25, -0.2) is 0 Å². The van der Waals surface area contributed by atoms with Crippen LogP contribution in [0.1, 0.15) is 33.6 Å². The van der Waals surface area contributed by atoms with Crippen molar-refractivity contribution in [3.8, 4) is 0 Å². The summed E-state index contributed by atoms with van der Waals surface area (Å²) in [7, 11) is 0. The molecule has 0 bridgehead atoms. The highest BCUT2D eigenvalue weighted by molar-refractivity contribution is 5.39. The quantitative estimate of drug-likeness (QED) is 0.806. The van der Waals surface area contributed by atoms with Gasteiger partial charge in [0.25, 0.3) is 0 Å². The van der Waals surface area contributed by atoms with E-state index < -0.39 is 11.7 Å². The van der Waals surface area contributed by atoms with Crippen molar-refractivity contribution in [3.63, 3.8) is 0 Å². The van der Waals surface area contributed by atoms with E-state index in [1.165, 1.54) is 6.08 Å². The van der Waals surface area contributed by atoms with E-state index in [2.05, 4.69) is 0 Å². The van der Waals surface area contributed by atoms with E-state index in [4.69, 9.17) is 5.73 Å². The Balaban J connectivity index is 3.06. The third kappa shape index (κ3) is 3.35. The van der Waals surface area contributed by atoms with E-state index in [1.807, 2.05) is 13.8 Å². The third-order valence-corrected chi connectivity index (χ3v) is 3.43. The Morgan fingerprint density at radius 1 is 1.41 bits per heavy atom. The summed E-state index contributed by atoms with van der Waals surface area (Å²) in [5.41, 5.74) is 5.63. The maximum Gasteiger partial charge on any atom is 0.416 e. The van der Waals surface area contributed by atoms with Gasteiger partial charge in [0.05, 0.1) is 5.57 Å². The van der Waals surface area contributed by atoms with Gasteiger partial charge in [-0.1, -0.05) is 26.0 Å². The molecular weight excluding hydrogens is 227 g/mol. The molecule has 98 valence electrons. The minimum atomic E-state index is -4.27. The van der Waals surface area contributed by atoms with Crippen LogP contribution in [-0.4, -0.2) is 12.2 Å². The molecule has 0 aliphatic heterocycles. The second kappa shape index (κ2) is 5.25. The fourth-order valence-corrected chi connectivity index (χ4v) is 2.06. The van der Waals surface area contributed by atoms with Gasteiger partial charge in [-0.2, -0.15) is 13.2 Å². The van der Waals surface area contributed by atoms with Gasteiger partial charge >= 0.3 is 6.18 Å². The number of alkyl halides is 3. The first-order chi connectivity index (χ1) is 7.77. The first kappa shape index (κ1) is 14.3. The Labute approximate surface area is 101 Å². The standard InChI is InChI=1S/C13H20F3N/c1-4-8(2)11-6-5-10(9(3)17)7-12(11)13(14,15)16/h6-10H,4-5,17H2,1-3H3. The molecule has 0 fully saturated rings. The molecule has 1 aliphatic rings. The zero-order valence-electron chi connectivity index (χ0n) is 10.5. The van der Waals surface area contributed by atoms with Gasteiger partial charge in [-0.3, -0.25) is 0 Å². The van der Waals surface area contributed by atoms with E-state index in [9.17, 15) is 13.2 Å². The predicted octanol–water partition coefficient (Wildman–Crippen LogP) is 3.81. The van der Waals surface area contributed by atoms with Gasteiger partial charge in [0.1, 0.15) is 0 Å². The van der Waals surface area contributed by atoms with Gasteiger partial charge < -0.3 is 5.73 Å². The molecule has 1 nitrogen and oxygen atoms in total. The van der Waals surface area contributed by atoms with Crippen molar-refractivity contribution in [1.82, 2.24) is 0 Å². The smallest absolute Gasteiger partial charge is 0.327 e. The van der Waals surface area contributed by atoms with Crippen molar-refractivity contribution in [2.75, 3.05) is 0 Å². The number of hydrogen-bond donors (Lipinski definition) is 1. The van der Waals surface area contributed by atoms with Crippen LogP contribution in [0.3, 0.4) is 0 Å². The molecule has 0 saturated carbocycles. The summed E-state index contributed by atoms with van der Waals surface area (Å²) >= 11 is 0. The van der Waals surface area contributed by atoms with Gasteiger partial charge in [0.15, 0.2) is 0 Å². The molecule has 3 atom stereocenters. The number of nitrogens with two attached hydrogens (primary N) is 1. The normalized spacial score (nSPS) is 25.0. The van der Waals surface area contributed by atoms with E-state index in [0.717, 1.165) is 0 Å². The molecule has 17 heavy (non-hydrogen) atoms. The zero-order valence-corrected chi connectivity index (χ0v) is 10.5. The molecule has 0 aromatic carbocycles. The Morgan fingerprint density at radius 3 is 2.41 bits per heavy atom. The van der Waals surface area contributed by atoms with Gasteiger partial charge in [0, 0.05) is 6.04 Å². The minimum Gasteiger partial charge on any atom is -0.327 e. The van der Waals surface area contributed by atoms with Crippen molar-refractivity contribution in [2.45, 2.75) is 45.8 Å². The van der Waals surface area contributed by atoms with E-state index >= 15 is 0 Å². The summed E-state index contributed by atoms with van der Waals surface area (Å²) in [5.74, 6) is -0.267. The number of halogens is 3. The summed E-state index contributed by atoms with van der Waals surface area (Å²) in [6.07, 6.45) is 0.0685. The van der Waals surface area contributed by atoms with Crippen LogP contribution < -0.4 is 5.73 Å². The highest BCUT2D eigenvalue weighted by Crippen LogP contribution is 2.40. The Bertz CT molecular complexity index is 326. The fraction of sp³-hybridized carbons (Fsp3) is 0.692. The summed E-state index contributed by atoms with van der Waals surface area (Å²) in [4.78, 5) is 0. The molecule has 0 saturated heterocycles. The lowest BCUT2D eigenvalue weighted by Gasteiger charge is -2.28. The average molecular weight is 247 g/mol. The van der Waals surface area contributed by atoms with Crippen molar-refractivity contribution in [2.24, 2.45) is 17.6 Å². The first-order valence-corrected chi connectivity index (χ1v) is 6.02. The molecule has 1 rings (SSSR count). The summed E-state index contributed by atoms with van der Waals surface area (Å²) in [6.45, 7) is 5.48. The Kier molecular flexibility index (Phi) is 4.42. The molecule has 4 heteroatoms. The lowest BCUT2D eigenvalue weighted by atomic mass is 9.81. The van der Waals surface area contributed by atoms with Crippen LogP contribution in [-0.2, 0) is 0 Å². The lowest BCUT2D eigenvalue weighted by Crippen LogP contribution is -2.29. The van der Waals surface area contributed by atoms with Crippen LogP contribution >= 0.6 is 0 Å². The van der Waals surface area contributed by atoms with Crippen molar-refractivity contribution < 1.29 is 13.2 Å². The number of allylic oxidation sites excluding steroid dienone is 3. The predicted molar refractivity (Wildman–Crippen MR) is 63.4 cm³/mol. The molecule has 3 unspecified atom stereocenters. The van der Waals surface area contributed by atoms with Crippen LogP contribution in [0.25, 0.3) is 0 Å². The van der Waals surface area contributed by atoms with Crippen LogP contribution in [0.4, 0.5) is 13.2 Å². The lowest BCUT2D eigenvalue weighted by molar-refractivity contribution is -0.0909. The topological polar surface area (TPSA) is 26.0 Å². The van der Waals surface area contributed by atoms with E-state index in [1.54, 1.807) is 13.0 Å². The zero-order chi connectivity index (χ0) is 13.2. The largest absolute Gasteiger partial charge is 0.416 e. The average Bonchev–Trinajstić information content (AvgIpc) is 2.26. The van der Waals surface area contributed by atoms with Crippen molar-refractivity contribution >= 4 is 0 Å². The van der Waals surface area contributed by atoms with E-state index in [-0.39, 0.29) is 17.9 Å². The maximum absolute atomic E-state index is 13.0. The summed E-state index contributed by atoms with van der Waals surface area (Å²) in [5, 5.41) is 0. The van der Waals surface area contributed by atoms with Gasteiger partial charge in [-0.15, -0.1) is 0 Å². The summed E-state index contributed by atoms with van der Waals surface area (Å²) in [6, 6.07) is -0.248. The molecule has 1 aliphatic carbocycles. The van der Waals surface area contributed by atoms with Crippen LogP contribution in [0.15, 0.2) is 23.3 Å². The molecule has 0 aromatic rings. The van der Waals surface area contributed by atoms with E-state index in [0.29, 0.717) is 18.4 Å². The number of hydrogen-bond acceptors (Lipinski definition) is 1. The minimum absolute atomic E-state index is 0.0584. The molecule has 0 aromatic heterocycles. The Morgan fingerprint density at radius 2 is 2.00 bits per heavy atom. The third-order valence-electron chi connectivity index (χ3n) is 3.43. The van der Waals surface area contributed by atoms with Crippen LogP contribution in [0.5, 0.6) is 0 Å². The molecule has 0 amide bonds. The molecule has 0 spiro atoms. The van der Waals surface area contributed by atoms with Crippen molar-refractivity contribution in [3.05, 3.63) is 23.3 Å². The highest BCUT2D eigenvalue weighted by atomic mass is 19.4. The van der Waals surface area contributed by atoms with Gasteiger partial charge in [-0.05, 0) is 37.2 Å². The maximum atomic E-state index is 13.0. The van der Waals surface area contributed by atoms with Crippen LogP contribution in [0.2, 0.25) is 0 Å². The summed E-state index contributed by atoms with van der Waals surface area (Å²) < 4.78 is 38.9. The Hall–Kier alpha value is -0.770.